The molecule has 1 unspecified atom stereocenters. The molecule has 4 heterocycles. The summed E-state index contributed by atoms with van der Waals surface area (Å²) in [6.07, 6.45) is 5.54. The molecule has 3 aliphatic heterocycles. The van der Waals surface area contributed by atoms with Crippen LogP contribution in [0, 0.1) is 17.6 Å². The van der Waals surface area contributed by atoms with E-state index in [1.54, 1.807) is 30.1 Å². The lowest BCUT2D eigenvalue weighted by molar-refractivity contribution is -0.112. The first-order valence-electron chi connectivity index (χ1n) is 21.8. The van der Waals surface area contributed by atoms with Gasteiger partial charge in [-0.15, -0.1) is 0 Å². The zero-order valence-corrected chi connectivity index (χ0v) is 38.1. The van der Waals surface area contributed by atoms with Gasteiger partial charge in [-0.3, -0.25) is 9.59 Å². The maximum absolute atomic E-state index is 15.2. The number of hydrogen-bond donors (Lipinski definition) is 2. The van der Waals surface area contributed by atoms with Crippen molar-refractivity contribution in [3.8, 4) is 17.0 Å². The SMILES string of the molecule is CC(C)N1CCOc2c(F)cc(-c3nc(Nc4ccc(SN5CCN(CC6CCN(c7cccc(C(=O)N(C)C(C=O)CCC=O)c7C=O)CC6)CC5)cc4)ncc3F)cc21.CNC. The Kier molecular flexibility index (Phi) is 17.2. The maximum atomic E-state index is 15.2. The van der Waals surface area contributed by atoms with Gasteiger partial charge in [0.1, 0.15) is 24.9 Å². The van der Waals surface area contributed by atoms with E-state index < -0.39 is 23.6 Å². The number of amides is 1. The Morgan fingerprint density at radius 3 is 2.33 bits per heavy atom. The van der Waals surface area contributed by atoms with E-state index in [1.165, 1.54) is 18.0 Å². The molecule has 0 radical (unpaired) electrons. The molecule has 1 atom stereocenters. The van der Waals surface area contributed by atoms with E-state index in [-0.39, 0.29) is 41.8 Å². The van der Waals surface area contributed by atoms with Crippen molar-refractivity contribution in [3.63, 3.8) is 0 Å². The second-order valence-corrected chi connectivity index (χ2v) is 17.6. The van der Waals surface area contributed by atoms with Crippen LogP contribution in [-0.4, -0.2) is 141 Å². The summed E-state index contributed by atoms with van der Waals surface area (Å²) in [5.41, 5.74) is 2.92. The fourth-order valence-corrected chi connectivity index (χ4v) is 9.18. The standard InChI is InChI=1S/C45H52F2N8O5S.C2H7N/c1-30(2)55-21-23-60-43-38(46)24-32(25-41(43)55)42-39(47)26-48-45(50-42)49-33-9-11-35(12-10-33)61-54-19-17-52(18-20-54)27-31-13-15-53(16-14-31)40-8-4-7-36(37(40)29-58)44(59)51(3)34(28-57)6-5-22-56;1-3-2/h4,7-12,22,24-26,28-31,34H,5-6,13-21,23,27H2,1-3H3,(H,48,49,50);3H,1-2H3. The molecule has 1 aromatic heterocycles. The average molecular weight is 900 g/mol. The minimum absolute atomic E-state index is 0.00140. The van der Waals surface area contributed by atoms with E-state index in [1.807, 2.05) is 63.2 Å². The number of halogens is 2. The molecule has 64 heavy (non-hydrogen) atoms. The van der Waals surface area contributed by atoms with Crippen molar-refractivity contribution in [1.82, 2.24) is 29.4 Å². The molecule has 17 heteroatoms. The van der Waals surface area contributed by atoms with Crippen LogP contribution in [0.25, 0.3) is 11.3 Å². The second-order valence-electron chi connectivity index (χ2n) is 16.5. The smallest absolute Gasteiger partial charge is 0.255 e. The Morgan fingerprint density at radius 1 is 0.953 bits per heavy atom. The van der Waals surface area contributed by atoms with Crippen LogP contribution in [0.5, 0.6) is 5.75 Å². The number of carbonyl (C=O) groups excluding carboxylic acids is 4. The molecule has 0 aliphatic carbocycles. The van der Waals surface area contributed by atoms with Crippen LogP contribution in [0.3, 0.4) is 0 Å². The highest BCUT2D eigenvalue weighted by Gasteiger charge is 2.29. The highest BCUT2D eigenvalue weighted by atomic mass is 32.2. The number of rotatable bonds is 16. The van der Waals surface area contributed by atoms with Gasteiger partial charge in [0, 0.05) is 87.2 Å². The van der Waals surface area contributed by atoms with Crippen LogP contribution in [0.4, 0.5) is 31.8 Å². The molecule has 4 aromatic rings. The number of likely N-dealkylation sites (N-methyl/N-ethyl adjacent to an activating group) is 1. The molecule has 14 nitrogen and oxygen atoms in total. The van der Waals surface area contributed by atoms with Gasteiger partial charge in [0.15, 0.2) is 23.7 Å². The number of aldehydes is 3. The third kappa shape index (κ3) is 11.8. The van der Waals surface area contributed by atoms with Gasteiger partial charge in [0.25, 0.3) is 5.91 Å². The van der Waals surface area contributed by atoms with Crippen LogP contribution in [0.2, 0.25) is 0 Å². The van der Waals surface area contributed by atoms with E-state index >= 15 is 8.78 Å². The van der Waals surface area contributed by atoms with Gasteiger partial charge in [0.05, 0.1) is 35.6 Å². The number of piperazine rings is 1. The minimum atomic E-state index is -0.747. The number of benzene rings is 3. The summed E-state index contributed by atoms with van der Waals surface area (Å²) >= 11 is 1.71. The molecule has 3 aromatic carbocycles. The summed E-state index contributed by atoms with van der Waals surface area (Å²) in [4.78, 5) is 65.9. The quantitative estimate of drug-likeness (QED) is 0.0924. The molecule has 0 bridgehead atoms. The van der Waals surface area contributed by atoms with Crippen molar-refractivity contribution in [1.29, 1.82) is 0 Å². The van der Waals surface area contributed by atoms with E-state index in [4.69, 9.17) is 4.74 Å². The summed E-state index contributed by atoms with van der Waals surface area (Å²) in [5.74, 6) is -0.750. The third-order valence-electron chi connectivity index (χ3n) is 11.7. The Morgan fingerprint density at radius 2 is 1.67 bits per heavy atom. The first-order chi connectivity index (χ1) is 31.0. The Labute approximate surface area is 378 Å². The largest absolute Gasteiger partial charge is 0.486 e. The molecule has 342 valence electrons. The number of anilines is 4. The van der Waals surface area contributed by atoms with Crippen molar-refractivity contribution in [2.24, 2.45) is 5.92 Å². The lowest BCUT2D eigenvalue weighted by atomic mass is 9.94. The van der Waals surface area contributed by atoms with Crippen molar-refractivity contribution in [3.05, 3.63) is 83.6 Å². The molecular formula is C47H59F2N9O5S. The van der Waals surface area contributed by atoms with Crippen LogP contribution in [0.1, 0.15) is 60.2 Å². The summed E-state index contributed by atoms with van der Waals surface area (Å²) in [5, 5.41) is 5.91. The van der Waals surface area contributed by atoms with Gasteiger partial charge in [-0.2, -0.15) is 0 Å². The number of aromatic nitrogens is 2. The summed E-state index contributed by atoms with van der Waals surface area (Å²) < 4.78 is 38.2. The predicted octanol–water partition coefficient (Wildman–Crippen LogP) is 6.58. The van der Waals surface area contributed by atoms with Crippen molar-refractivity contribution < 1.29 is 32.7 Å². The van der Waals surface area contributed by atoms with E-state index in [0.29, 0.717) is 42.2 Å². The van der Waals surface area contributed by atoms with Crippen LogP contribution >= 0.6 is 11.9 Å². The molecule has 2 fully saturated rings. The van der Waals surface area contributed by atoms with Crippen molar-refractivity contribution >= 4 is 59.7 Å². The van der Waals surface area contributed by atoms with Crippen LogP contribution in [0.15, 0.2) is 65.7 Å². The third-order valence-corrected chi connectivity index (χ3v) is 12.8. The van der Waals surface area contributed by atoms with Gasteiger partial charge < -0.3 is 44.6 Å². The summed E-state index contributed by atoms with van der Waals surface area (Å²) in [7, 11) is 5.27. The van der Waals surface area contributed by atoms with Gasteiger partial charge >= 0.3 is 0 Å². The van der Waals surface area contributed by atoms with Crippen molar-refractivity contribution in [2.45, 2.75) is 56.5 Å². The lowest BCUT2D eigenvalue weighted by Gasteiger charge is -2.39. The zero-order chi connectivity index (χ0) is 45.8. The van der Waals surface area contributed by atoms with Gasteiger partial charge in [-0.1, -0.05) is 6.07 Å². The maximum Gasteiger partial charge on any atom is 0.255 e. The van der Waals surface area contributed by atoms with Crippen LogP contribution in [-0.2, 0) is 9.59 Å². The number of piperidine rings is 1. The Bertz CT molecular complexity index is 2220. The zero-order valence-electron chi connectivity index (χ0n) is 37.3. The molecule has 0 saturated carbocycles. The fourth-order valence-electron chi connectivity index (χ4n) is 8.28. The van der Waals surface area contributed by atoms with E-state index in [2.05, 4.69) is 34.7 Å². The molecule has 2 saturated heterocycles. The average Bonchev–Trinajstić information content (AvgIpc) is 3.30. The molecule has 0 spiro atoms. The highest BCUT2D eigenvalue weighted by Crippen LogP contribution is 2.40. The lowest BCUT2D eigenvalue weighted by Crippen LogP contribution is -2.46. The summed E-state index contributed by atoms with van der Waals surface area (Å²) in [6, 6.07) is 15.5. The van der Waals surface area contributed by atoms with Gasteiger partial charge in [-0.05, 0) is 114 Å². The van der Waals surface area contributed by atoms with E-state index in [9.17, 15) is 19.2 Å². The van der Waals surface area contributed by atoms with Gasteiger partial charge in [-0.25, -0.2) is 23.1 Å². The molecule has 2 N–H and O–H groups in total. The monoisotopic (exact) mass is 899 g/mol. The van der Waals surface area contributed by atoms with Crippen molar-refractivity contribution in [2.75, 3.05) is 95.2 Å². The number of ether oxygens (including phenoxy) is 1. The topological polar surface area (TPSA) is 144 Å². The molecule has 3 aliphatic rings. The number of carbonyl (C=O) groups is 4. The molecule has 1 amide bonds. The Balaban J connectivity index is 0.00000220. The first kappa shape index (κ1) is 48.0. The first-order valence-corrected chi connectivity index (χ1v) is 22.6. The predicted molar refractivity (Wildman–Crippen MR) is 248 cm³/mol. The fraction of sp³-hybridized carbons (Fsp3) is 0.447. The summed E-state index contributed by atoms with van der Waals surface area (Å²) in [6.45, 7) is 11.3. The normalized spacial score (nSPS) is 16.2. The molecule has 7 rings (SSSR count). The minimum Gasteiger partial charge on any atom is -0.486 e. The number of nitrogens with one attached hydrogen (secondary N) is 2. The number of hydrogen-bond acceptors (Lipinski definition) is 14. The number of nitrogens with zero attached hydrogens (tertiary/aromatic N) is 7. The van der Waals surface area contributed by atoms with E-state index in [0.717, 1.165) is 93.7 Å². The molecular weight excluding hydrogens is 841 g/mol. The highest BCUT2D eigenvalue weighted by molar-refractivity contribution is 7.97. The van der Waals surface area contributed by atoms with Gasteiger partial charge in [0.2, 0.25) is 5.95 Å². The Hall–Kier alpha value is -5.49. The number of fused-ring (bicyclic) bond motifs is 1. The second kappa shape index (κ2) is 22.9. The van der Waals surface area contributed by atoms with Crippen LogP contribution < -0.4 is 25.2 Å².